The van der Waals surface area contributed by atoms with Gasteiger partial charge in [-0.1, -0.05) is 15.9 Å². The van der Waals surface area contributed by atoms with E-state index in [9.17, 15) is 4.39 Å². The maximum Gasteiger partial charge on any atom is 0.193 e. The van der Waals surface area contributed by atoms with Gasteiger partial charge >= 0.3 is 0 Å². The second-order valence-electron chi connectivity index (χ2n) is 6.49. The van der Waals surface area contributed by atoms with Gasteiger partial charge in [0.15, 0.2) is 5.96 Å². The second-order valence-corrected chi connectivity index (χ2v) is 7.40. The van der Waals surface area contributed by atoms with E-state index in [-0.39, 0.29) is 5.82 Å². The van der Waals surface area contributed by atoms with Crippen LogP contribution in [0.2, 0.25) is 0 Å². The first-order chi connectivity index (χ1) is 12.1. The Morgan fingerprint density at radius 2 is 2.16 bits per heavy atom. The summed E-state index contributed by atoms with van der Waals surface area (Å²) in [6, 6.07) is 5.04. The highest BCUT2D eigenvalue weighted by molar-refractivity contribution is 9.10. The van der Waals surface area contributed by atoms with Crippen LogP contribution in [0.3, 0.4) is 0 Å². The number of nitrogens with one attached hydrogen (secondary N) is 1. The Kier molecular flexibility index (Phi) is 8.68. The fraction of sp³-hybridized carbons (Fsp3) is 0.632. The summed E-state index contributed by atoms with van der Waals surface area (Å²) in [6.07, 6.45) is 4.06. The van der Waals surface area contributed by atoms with Gasteiger partial charge in [0.05, 0.1) is 0 Å². The molecule has 1 aliphatic heterocycles. The van der Waals surface area contributed by atoms with Crippen LogP contribution in [0.5, 0.6) is 0 Å². The molecule has 2 rings (SSSR count). The van der Waals surface area contributed by atoms with Crippen molar-refractivity contribution < 1.29 is 9.13 Å². The first-order valence-corrected chi connectivity index (χ1v) is 9.90. The van der Waals surface area contributed by atoms with Crippen molar-refractivity contribution in [3.63, 3.8) is 0 Å². The minimum Gasteiger partial charge on any atom is -0.381 e. The summed E-state index contributed by atoms with van der Waals surface area (Å²) in [5.74, 6) is 1.47. The third kappa shape index (κ3) is 6.94. The molecule has 1 N–H and O–H groups in total. The van der Waals surface area contributed by atoms with E-state index in [2.05, 4.69) is 45.1 Å². The van der Waals surface area contributed by atoms with Crippen molar-refractivity contribution in [3.8, 4) is 0 Å². The molecule has 0 bridgehead atoms. The third-order valence-corrected chi connectivity index (χ3v) is 5.05. The molecule has 6 heteroatoms. The molecule has 0 saturated carbocycles. The summed E-state index contributed by atoms with van der Waals surface area (Å²) in [4.78, 5) is 6.84. The number of hydrogen-bond acceptors (Lipinski definition) is 2. The molecule has 1 aromatic carbocycles. The third-order valence-electron chi connectivity index (χ3n) is 4.56. The van der Waals surface area contributed by atoms with Gasteiger partial charge in [0.2, 0.25) is 0 Å². The molecule has 140 valence electrons. The van der Waals surface area contributed by atoms with Gasteiger partial charge in [0, 0.05) is 44.4 Å². The summed E-state index contributed by atoms with van der Waals surface area (Å²) >= 11 is 3.39. The molecular weight excluding hydrogens is 385 g/mol. The zero-order valence-electron chi connectivity index (χ0n) is 15.2. The number of nitrogens with zero attached hydrogens (tertiary/aromatic N) is 2. The van der Waals surface area contributed by atoms with E-state index in [1.165, 1.54) is 6.07 Å². The lowest BCUT2D eigenvalue weighted by Gasteiger charge is -2.26. The molecule has 4 nitrogen and oxygen atoms in total. The van der Waals surface area contributed by atoms with Crippen molar-refractivity contribution >= 4 is 21.9 Å². The molecule has 1 aliphatic rings. The molecule has 0 amide bonds. The lowest BCUT2D eigenvalue weighted by Crippen LogP contribution is -2.40. The van der Waals surface area contributed by atoms with E-state index >= 15 is 0 Å². The van der Waals surface area contributed by atoms with Crippen molar-refractivity contribution in [2.75, 3.05) is 39.9 Å². The summed E-state index contributed by atoms with van der Waals surface area (Å²) < 4.78 is 20.1. The Labute approximate surface area is 159 Å². The van der Waals surface area contributed by atoms with Crippen LogP contribution < -0.4 is 5.32 Å². The number of aliphatic imine (C=N–C) groups is 1. The SMILES string of the molecule is CCNC(=NCCc1cc(Br)ccc1F)N(C)CCC1CCOCC1. The molecule has 0 radical (unpaired) electrons. The molecule has 25 heavy (non-hydrogen) atoms. The Balaban J connectivity index is 1.86. The summed E-state index contributed by atoms with van der Waals surface area (Å²) in [5.41, 5.74) is 0.693. The Morgan fingerprint density at radius 3 is 2.88 bits per heavy atom. The minimum absolute atomic E-state index is 0.170. The first kappa shape index (κ1) is 20.2. The van der Waals surface area contributed by atoms with Crippen LogP contribution in [0.1, 0.15) is 31.7 Å². The fourth-order valence-corrected chi connectivity index (χ4v) is 3.41. The van der Waals surface area contributed by atoms with Crippen molar-refractivity contribution in [2.45, 2.75) is 32.6 Å². The van der Waals surface area contributed by atoms with Crippen molar-refractivity contribution in [3.05, 3.63) is 34.1 Å². The van der Waals surface area contributed by atoms with Crippen molar-refractivity contribution in [2.24, 2.45) is 10.9 Å². The van der Waals surface area contributed by atoms with Gasteiger partial charge in [-0.25, -0.2) is 4.39 Å². The van der Waals surface area contributed by atoms with Crippen LogP contribution >= 0.6 is 15.9 Å². The number of benzene rings is 1. The molecule has 1 heterocycles. The molecule has 0 atom stereocenters. The summed E-state index contributed by atoms with van der Waals surface area (Å²) in [5, 5.41) is 3.33. The van der Waals surface area contributed by atoms with E-state index < -0.39 is 0 Å². The molecule has 1 fully saturated rings. The van der Waals surface area contributed by atoms with Gasteiger partial charge < -0.3 is 15.0 Å². The topological polar surface area (TPSA) is 36.9 Å². The van der Waals surface area contributed by atoms with Crippen LogP contribution in [0.25, 0.3) is 0 Å². The lowest BCUT2D eigenvalue weighted by atomic mass is 9.96. The minimum atomic E-state index is -0.170. The maximum atomic E-state index is 13.8. The number of hydrogen-bond donors (Lipinski definition) is 1. The molecule has 0 aliphatic carbocycles. The lowest BCUT2D eigenvalue weighted by molar-refractivity contribution is 0.0625. The fourth-order valence-electron chi connectivity index (χ4n) is 3.00. The molecular formula is C19H29BrFN3O. The van der Waals surface area contributed by atoms with E-state index in [4.69, 9.17) is 4.74 Å². The average Bonchev–Trinajstić information content (AvgIpc) is 2.62. The van der Waals surface area contributed by atoms with Crippen LogP contribution in [0.4, 0.5) is 4.39 Å². The van der Waals surface area contributed by atoms with E-state index in [1.807, 2.05) is 6.07 Å². The maximum absolute atomic E-state index is 13.8. The standard InChI is InChI=1S/C19H29BrFN3O/c1-3-22-19(24(2)11-7-15-8-12-25-13-9-15)23-10-6-16-14-17(20)4-5-18(16)21/h4-5,14-15H,3,6-13H2,1-2H3,(H,22,23). The summed E-state index contributed by atoms with van der Waals surface area (Å²) in [6.45, 7) is 6.21. The van der Waals surface area contributed by atoms with Gasteiger partial charge in [0.1, 0.15) is 5.82 Å². The quantitative estimate of drug-likeness (QED) is 0.544. The highest BCUT2D eigenvalue weighted by Gasteiger charge is 2.15. The Bertz CT molecular complexity index is 562. The van der Waals surface area contributed by atoms with E-state index in [0.717, 1.165) is 61.9 Å². The number of ether oxygens (including phenoxy) is 1. The molecule has 0 aromatic heterocycles. The monoisotopic (exact) mass is 413 g/mol. The van der Waals surface area contributed by atoms with E-state index in [0.29, 0.717) is 18.5 Å². The zero-order chi connectivity index (χ0) is 18.1. The highest BCUT2D eigenvalue weighted by atomic mass is 79.9. The van der Waals surface area contributed by atoms with Crippen LogP contribution in [-0.2, 0) is 11.2 Å². The van der Waals surface area contributed by atoms with Crippen LogP contribution in [-0.4, -0.2) is 50.8 Å². The summed E-state index contributed by atoms with van der Waals surface area (Å²) in [7, 11) is 2.07. The second kappa shape index (κ2) is 10.8. The first-order valence-electron chi connectivity index (χ1n) is 9.11. The predicted molar refractivity (Wildman–Crippen MR) is 105 cm³/mol. The number of halogens is 2. The van der Waals surface area contributed by atoms with Gasteiger partial charge in [-0.15, -0.1) is 0 Å². The van der Waals surface area contributed by atoms with Gasteiger partial charge in [-0.3, -0.25) is 4.99 Å². The normalized spacial score (nSPS) is 16.1. The average molecular weight is 414 g/mol. The Morgan fingerprint density at radius 1 is 1.40 bits per heavy atom. The van der Waals surface area contributed by atoms with Crippen molar-refractivity contribution in [1.82, 2.24) is 10.2 Å². The molecule has 0 spiro atoms. The number of rotatable bonds is 7. The molecule has 1 saturated heterocycles. The zero-order valence-corrected chi connectivity index (χ0v) is 16.8. The highest BCUT2D eigenvalue weighted by Crippen LogP contribution is 2.18. The Hall–Kier alpha value is -1.14. The van der Waals surface area contributed by atoms with Crippen LogP contribution in [0.15, 0.2) is 27.7 Å². The van der Waals surface area contributed by atoms with Crippen molar-refractivity contribution in [1.29, 1.82) is 0 Å². The van der Waals surface area contributed by atoms with E-state index in [1.54, 1.807) is 6.07 Å². The van der Waals surface area contributed by atoms with Gasteiger partial charge in [0.25, 0.3) is 0 Å². The van der Waals surface area contributed by atoms with Crippen LogP contribution in [0, 0.1) is 11.7 Å². The van der Waals surface area contributed by atoms with Gasteiger partial charge in [-0.2, -0.15) is 0 Å². The number of guanidine groups is 1. The largest absolute Gasteiger partial charge is 0.381 e. The predicted octanol–water partition coefficient (Wildman–Crippen LogP) is 3.84. The molecule has 0 unspecified atom stereocenters. The molecule has 1 aromatic rings. The van der Waals surface area contributed by atoms with Gasteiger partial charge in [-0.05, 0) is 62.3 Å². The smallest absolute Gasteiger partial charge is 0.193 e.